The number of hydrogen-bond acceptors (Lipinski definition) is 5. The van der Waals surface area contributed by atoms with E-state index in [2.05, 4.69) is 10.2 Å². The Kier molecular flexibility index (Phi) is 7.04. The molecule has 2 aliphatic rings. The first-order valence-corrected chi connectivity index (χ1v) is 10.9. The molecule has 4 rings (SSSR count). The standard InChI is InChI=1S/C24H29N3O4/c28-23(18-31-20-6-2-1-3-7-20)27-12-10-19(11-13-27)24(29)25-21-8-4-5-9-22(21)26-14-16-30-17-15-26/h1-9,19H,10-18H2,(H,25,29). The summed E-state index contributed by atoms with van der Waals surface area (Å²) in [6.07, 6.45) is 1.31. The highest BCUT2D eigenvalue weighted by atomic mass is 16.5. The van der Waals surface area contributed by atoms with E-state index in [0.717, 1.165) is 24.5 Å². The van der Waals surface area contributed by atoms with E-state index in [-0.39, 0.29) is 24.3 Å². The lowest BCUT2D eigenvalue weighted by atomic mass is 9.95. The summed E-state index contributed by atoms with van der Waals surface area (Å²) in [4.78, 5) is 29.4. The molecule has 0 bridgehead atoms. The maximum absolute atomic E-state index is 12.9. The third kappa shape index (κ3) is 5.55. The fraction of sp³-hybridized carbons (Fsp3) is 0.417. The molecule has 1 N–H and O–H groups in total. The largest absolute Gasteiger partial charge is 0.484 e. The van der Waals surface area contributed by atoms with Gasteiger partial charge in [-0.05, 0) is 37.1 Å². The van der Waals surface area contributed by atoms with E-state index >= 15 is 0 Å². The second kappa shape index (κ2) is 10.3. The first-order chi connectivity index (χ1) is 15.2. The zero-order valence-electron chi connectivity index (χ0n) is 17.7. The van der Waals surface area contributed by atoms with Gasteiger partial charge in [-0.2, -0.15) is 0 Å². The van der Waals surface area contributed by atoms with Gasteiger partial charge in [0.05, 0.1) is 24.6 Å². The molecule has 0 saturated carbocycles. The van der Waals surface area contributed by atoms with Gasteiger partial charge in [0.2, 0.25) is 5.91 Å². The van der Waals surface area contributed by atoms with E-state index in [0.29, 0.717) is 44.9 Å². The first-order valence-electron chi connectivity index (χ1n) is 10.9. The van der Waals surface area contributed by atoms with Crippen LogP contribution >= 0.6 is 0 Å². The van der Waals surface area contributed by atoms with Gasteiger partial charge in [0.25, 0.3) is 5.91 Å². The molecule has 0 spiro atoms. The monoisotopic (exact) mass is 423 g/mol. The zero-order valence-corrected chi connectivity index (χ0v) is 17.7. The number of carbonyl (C=O) groups is 2. The normalized spacial score (nSPS) is 17.3. The Balaban J connectivity index is 1.27. The van der Waals surface area contributed by atoms with Gasteiger partial charge in [-0.25, -0.2) is 0 Å². The third-order valence-electron chi connectivity index (χ3n) is 5.84. The van der Waals surface area contributed by atoms with Gasteiger partial charge >= 0.3 is 0 Å². The predicted octanol–water partition coefficient (Wildman–Crippen LogP) is 2.78. The molecule has 7 nitrogen and oxygen atoms in total. The Morgan fingerprint density at radius 1 is 0.935 bits per heavy atom. The summed E-state index contributed by atoms with van der Waals surface area (Å²) in [6, 6.07) is 17.2. The molecule has 0 radical (unpaired) electrons. The Hall–Kier alpha value is -3.06. The second-order valence-corrected chi connectivity index (χ2v) is 7.86. The number of likely N-dealkylation sites (tertiary alicyclic amines) is 1. The average molecular weight is 424 g/mol. The molecule has 164 valence electrons. The molecule has 2 aromatic carbocycles. The number of ether oxygens (including phenoxy) is 2. The van der Waals surface area contributed by atoms with Crippen LogP contribution in [0.25, 0.3) is 0 Å². The first kappa shape index (κ1) is 21.2. The van der Waals surface area contributed by atoms with Crippen LogP contribution < -0.4 is 15.0 Å². The summed E-state index contributed by atoms with van der Waals surface area (Å²) in [6.45, 7) is 4.19. The van der Waals surface area contributed by atoms with E-state index in [9.17, 15) is 9.59 Å². The molecule has 7 heteroatoms. The van der Waals surface area contributed by atoms with Gasteiger partial charge in [-0.15, -0.1) is 0 Å². The summed E-state index contributed by atoms with van der Waals surface area (Å²) in [5.74, 6) is 0.564. The van der Waals surface area contributed by atoms with Crippen molar-refractivity contribution in [3.05, 3.63) is 54.6 Å². The highest BCUT2D eigenvalue weighted by Crippen LogP contribution is 2.28. The Bertz CT molecular complexity index is 875. The van der Waals surface area contributed by atoms with Gasteiger partial charge in [0.1, 0.15) is 5.75 Å². The zero-order chi connectivity index (χ0) is 21.5. The molecule has 2 amide bonds. The molecular weight excluding hydrogens is 394 g/mol. The van der Waals surface area contributed by atoms with E-state index < -0.39 is 0 Å². The van der Waals surface area contributed by atoms with Crippen molar-refractivity contribution < 1.29 is 19.1 Å². The minimum absolute atomic E-state index is 0.0216. The third-order valence-corrected chi connectivity index (χ3v) is 5.84. The van der Waals surface area contributed by atoms with E-state index in [1.54, 1.807) is 4.90 Å². The molecule has 2 heterocycles. The smallest absolute Gasteiger partial charge is 0.260 e. The van der Waals surface area contributed by atoms with Gasteiger partial charge in [-0.3, -0.25) is 9.59 Å². The lowest BCUT2D eigenvalue weighted by Crippen LogP contribution is -2.43. The van der Waals surface area contributed by atoms with Crippen molar-refractivity contribution in [2.24, 2.45) is 5.92 Å². The van der Waals surface area contributed by atoms with E-state index in [4.69, 9.17) is 9.47 Å². The van der Waals surface area contributed by atoms with Crippen molar-refractivity contribution in [3.8, 4) is 5.75 Å². The number of rotatable bonds is 6. The van der Waals surface area contributed by atoms with Gasteiger partial charge in [0.15, 0.2) is 6.61 Å². The van der Waals surface area contributed by atoms with Crippen LogP contribution in [0, 0.1) is 5.92 Å². The Labute approximate surface area is 182 Å². The average Bonchev–Trinajstić information content (AvgIpc) is 2.84. The van der Waals surface area contributed by atoms with Crippen molar-refractivity contribution in [2.75, 3.05) is 56.2 Å². The lowest BCUT2D eigenvalue weighted by molar-refractivity contribution is -0.136. The number of amides is 2. The summed E-state index contributed by atoms with van der Waals surface area (Å²) >= 11 is 0. The number of anilines is 2. The minimum atomic E-state index is -0.100. The molecule has 0 unspecified atom stereocenters. The molecule has 0 atom stereocenters. The van der Waals surface area contributed by atoms with Crippen LogP contribution in [0.15, 0.2) is 54.6 Å². The number of hydrogen-bond donors (Lipinski definition) is 1. The van der Waals surface area contributed by atoms with Crippen LogP contribution in [0.3, 0.4) is 0 Å². The van der Waals surface area contributed by atoms with Crippen LogP contribution in [-0.4, -0.2) is 62.7 Å². The van der Waals surface area contributed by atoms with Gasteiger partial charge in [0, 0.05) is 32.1 Å². The number of morpholine rings is 1. The van der Waals surface area contributed by atoms with Crippen LogP contribution in [0.5, 0.6) is 5.75 Å². The maximum Gasteiger partial charge on any atom is 0.260 e. The summed E-state index contributed by atoms with van der Waals surface area (Å²) in [5.41, 5.74) is 1.87. The quantitative estimate of drug-likeness (QED) is 0.774. The number of benzene rings is 2. The molecule has 0 aliphatic carbocycles. The van der Waals surface area contributed by atoms with Crippen molar-refractivity contribution in [3.63, 3.8) is 0 Å². The fourth-order valence-electron chi connectivity index (χ4n) is 4.04. The van der Waals surface area contributed by atoms with Crippen LogP contribution in [0.1, 0.15) is 12.8 Å². The van der Waals surface area contributed by atoms with E-state index in [1.807, 2.05) is 54.6 Å². The minimum Gasteiger partial charge on any atom is -0.484 e. The molecule has 2 aliphatic heterocycles. The van der Waals surface area contributed by atoms with Gasteiger partial charge < -0.3 is 24.6 Å². The fourth-order valence-corrected chi connectivity index (χ4v) is 4.04. The van der Waals surface area contributed by atoms with Crippen molar-refractivity contribution in [1.82, 2.24) is 4.90 Å². The highest BCUT2D eigenvalue weighted by molar-refractivity contribution is 5.96. The topological polar surface area (TPSA) is 71.1 Å². The van der Waals surface area contributed by atoms with Crippen LogP contribution in [0.4, 0.5) is 11.4 Å². The SMILES string of the molecule is O=C(Nc1ccccc1N1CCOCC1)C1CCN(C(=O)COc2ccccc2)CC1. The number of para-hydroxylation sites is 3. The van der Waals surface area contributed by atoms with Crippen molar-refractivity contribution in [1.29, 1.82) is 0 Å². The maximum atomic E-state index is 12.9. The highest BCUT2D eigenvalue weighted by Gasteiger charge is 2.28. The van der Waals surface area contributed by atoms with Crippen LogP contribution in [0.2, 0.25) is 0 Å². The Morgan fingerprint density at radius 2 is 1.61 bits per heavy atom. The molecule has 2 fully saturated rings. The molecule has 2 aromatic rings. The van der Waals surface area contributed by atoms with Crippen molar-refractivity contribution >= 4 is 23.2 Å². The second-order valence-electron chi connectivity index (χ2n) is 7.86. The predicted molar refractivity (Wildman–Crippen MR) is 119 cm³/mol. The summed E-state index contributed by atoms with van der Waals surface area (Å²) in [7, 11) is 0. The molecule has 31 heavy (non-hydrogen) atoms. The Morgan fingerprint density at radius 3 is 2.35 bits per heavy atom. The van der Waals surface area contributed by atoms with Crippen molar-refractivity contribution in [2.45, 2.75) is 12.8 Å². The molecule has 2 saturated heterocycles. The molecule has 0 aromatic heterocycles. The molecular formula is C24H29N3O4. The van der Waals surface area contributed by atoms with E-state index in [1.165, 1.54) is 0 Å². The number of piperidine rings is 1. The number of carbonyl (C=O) groups excluding carboxylic acids is 2. The summed E-state index contributed by atoms with van der Waals surface area (Å²) in [5, 5.41) is 3.12. The lowest BCUT2D eigenvalue weighted by Gasteiger charge is -2.32. The summed E-state index contributed by atoms with van der Waals surface area (Å²) < 4.78 is 11.0. The number of nitrogens with zero attached hydrogens (tertiary/aromatic N) is 2. The van der Waals surface area contributed by atoms with Gasteiger partial charge in [-0.1, -0.05) is 30.3 Å². The number of nitrogens with one attached hydrogen (secondary N) is 1. The van der Waals surface area contributed by atoms with Crippen LogP contribution in [-0.2, 0) is 14.3 Å².